The number of fused-ring (bicyclic) bond motifs is 1. The van der Waals surface area contributed by atoms with Gasteiger partial charge in [-0.2, -0.15) is 0 Å². The molecule has 1 aromatic heterocycles. The van der Waals surface area contributed by atoms with E-state index >= 15 is 0 Å². The molecule has 0 amide bonds. The van der Waals surface area contributed by atoms with Gasteiger partial charge in [-0.25, -0.2) is 9.37 Å². The molecule has 2 aromatic rings. The number of benzene rings is 1. The van der Waals surface area contributed by atoms with Crippen LogP contribution in [-0.2, 0) is 13.0 Å². The average Bonchev–Trinajstić information content (AvgIpc) is 2.88. The first-order valence-corrected chi connectivity index (χ1v) is 6.22. The van der Waals surface area contributed by atoms with Gasteiger partial charge in [0.1, 0.15) is 6.17 Å². The predicted octanol–water partition coefficient (Wildman–Crippen LogP) is 2.48. The van der Waals surface area contributed by atoms with Gasteiger partial charge in [0.15, 0.2) is 0 Å². The van der Waals surface area contributed by atoms with Crippen molar-refractivity contribution < 1.29 is 4.39 Å². The minimum Gasteiger partial charge on any atom is -0.331 e. The maximum Gasteiger partial charge on any atom is 0.123 e. The van der Waals surface area contributed by atoms with Crippen LogP contribution in [0.3, 0.4) is 0 Å². The van der Waals surface area contributed by atoms with Crippen molar-refractivity contribution in [2.45, 2.75) is 25.2 Å². The monoisotopic (exact) mass is 265 g/mol. The van der Waals surface area contributed by atoms with Gasteiger partial charge in [0.25, 0.3) is 0 Å². The van der Waals surface area contributed by atoms with Crippen molar-refractivity contribution in [3.8, 4) is 0 Å². The first-order chi connectivity index (χ1) is 8.65. The lowest BCUT2D eigenvalue weighted by Crippen LogP contribution is -2.14. The fourth-order valence-electron chi connectivity index (χ4n) is 2.38. The number of nitrogens with zero attached hydrogens (tertiary/aromatic N) is 2. The van der Waals surface area contributed by atoms with E-state index in [2.05, 4.69) is 4.98 Å². The highest BCUT2D eigenvalue weighted by Crippen LogP contribution is 2.27. The Morgan fingerprint density at radius 2 is 2.11 bits per heavy atom. The van der Waals surface area contributed by atoms with Gasteiger partial charge < -0.3 is 10.3 Å². The molecule has 0 spiro atoms. The summed E-state index contributed by atoms with van der Waals surface area (Å²) in [7, 11) is 0. The molecule has 0 saturated carbocycles. The van der Waals surface area contributed by atoms with Crippen LogP contribution >= 0.6 is 11.6 Å². The molecule has 1 aliphatic heterocycles. The van der Waals surface area contributed by atoms with Crippen molar-refractivity contribution in [3.63, 3.8) is 0 Å². The molecule has 18 heavy (non-hydrogen) atoms. The van der Waals surface area contributed by atoms with Gasteiger partial charge in [0, 0.05) is 17.1 Å². The van der Waals surface area contributed by atoms with Crippen LogP contribution in [0.5, 0.6) is 0 Å². The smallest absolute Gasteiger partial charge is 0.123 e. The molecule has 2 atom stereocenters. The molecule has 1 aromatic carbocycles. The van der Waals surface area contributed by atoms with Crippen molar-refractivity contribution in [3.05, 3.63) is 52.6 Å². The van der Waals surface area contributed by atoms with Crippen molar-refractivity contribution in [1.29, 1.82) is 0 Å². The van der Waals surface area contributed by atoms with E-state index in [0.717, 1.165) is 17.0 Å². The van der Waals surface area contributed by atoms with Crippen molar-refractivity contribution in [2.24, 2.45) is 5.73 Å². The Balaban J connectivity index is 1.94. The third-order valence-electron chi connectivity index (χ3n) is 3.31. The number of alkyl halides is 1. The second-order valence-corrected chi connectivity index (χ2v) is 5.00. The van der Waals surface area contributed by atoms with Gasteiger partial charge >= 0.3 is 0 Å². The molecule has 0 radical (unpaired) electrons. The molecule has 5 heteroatoms. The summed E-state index contributed by atoms with van der Waals surface area (Å²) in [6.45, 7) is 0.385. The quantitative estimate of drug-likeness (QED) is 0.907. The molecule has 3 nitrogen and oxygen atoms in total. The third kappa shape index (κ3) is 1.91. The maximum absolute atomic E-state index is 13.3. The van der Waals surface area contributed by atoms with Crippen molar-refractivity contribution in [1.82, 2.24) is 9.55 Å². The molecule has 3 rings (SSSR count). The highest BCUT2D eigenvalue weighted by molar-refractivity contribution is 6.30. The summed E-state index contributed by atoms with van der Waals surface area (Å²) in [6.07, 6.45) is 1.25. The van der Waals surface area contributed by atoms with Crippen LogP contribution in [0.2, 0.25) is 5.02 Å². The summed E-state index contributed by atoms with van der Waals surface area (Å²) in [6, 6.07) is 7.01. The van der Waals surface area contributed by atoms with Gasteiger partial charge in [0.05, 0.1) is 24.6 Å². The number of hydrogen-bond donors (Lipinski definition) is 1. The summed E-state index contributed by atoms with van der Waals surface area (Å²) in [5.74, 6) is 0. The zero-order valence-corrected chi connectivity index (χ0v) is 10.4. The average molecular weight is 266 g/mol. The van der Waals surface area contributed by atoms with E-state index in [-0.39, 0.29) is 6.04 Å². The minimum absolute atomic E-state index is 0.330. The van der Waals surface area contributed by atoms with Gasteiger partial charge in [-0.1, -0.05) is 23.7 Å². The molecule has 2 heterocycles. The van der Waals surface area contributed by atoms with E-state index in [9.17, 15) is 4.39 Å². The SMILES string of the molecule is NC(c1ccc(Cl)cc1)c1ncn2c1C[C@@H](F)C2. The molecule has 1 unspecified atom stereocenters. The minimum atomic E-state index is -0.820. The number of nitrogens with two attached hydrogens (primary N) is 1. The van der Waals surface area contributed by atoms with E-state index in [0.29, 0.717) is 18.0 Å². The van der Waals surface area contributed by atoms with Gasteiger partial charge in [-0.05, 0) is 17.7 Å². The maximum atomic E-state index is 13.3. The van der Waals surface area contributed by atoms with Gasteiger partial charge in [-0.3, -0.25) is 0 Å². The molecule has 1 aliphatic rings. The predicted molar refractivity (Wildman–Crippen MR) is 68.3 cm³/mol. The van der Waals surface area contributed by atoms with E-state index in [1.165, 1.54) is 0 Å². The van der Waals surface area contributed by atoms with Crippen LogP contribution in [0.25, 0.3) is 0 Å². The Labute approximate surface area is 109 Å². The zero-order valence-electron chi connectivity index (χ0n) is 9.68. The fourth-order valence-corrected chi connectivity index (χ4v) is 2.50. The Morgan fingerprint density at radius 1 is 1.39 bits per heavy atom. The molecule has 2 N–H and O–H groups in total. The summed E-state index contributed by atoms with van der Waals surface area (Å²) < 4.78 is 15.2. The number of halogens is 2. The van der Waals surface area contributed by atoms with E-state index < -0.39 is 6.17 Å². The standard InChI is InChI=1S/C13H13ClFN3/c14-9-3-1-8(2-4-9)12(16)13-11-5-10(15)6-18(11)7-17-13/h1-4,7,10,12H,5-6,16H2/t10-,12?/m1/s1. The van der Waals surface area contributed by atoms with Crippen LogP contribution in [-0.4, -0.2) is 15.7 Å². The second-order valence-electron chi connectivity index (χ2n) is 4.56. The number of aromatic nitrogens is 2. The molecule has 0 saturated heterocycles. The van der Waals surface area contributed by atoms with Crippen LogP contribution in [0.1, 0.15) is 23.0 Å². The second kappa shape index (κ2) is 4.37. The topological polar surface area (TPSA) is 43.8 Å². The largest absolute Gasteiger partial charge is 0.331 e. The zero-order chi connectivity index (χ0) is 12.7. The highest BCUT2D eigenvalue weighted by atomic mass is 35.5. The van der Waals surface area contributed by atoms with Crippen molar-refractivity contribution >= 4 is 11.6 Å². The normalized spacial score (nSPS) is 19.8. The lowest BCUT2D eigenvalue weighted by Gasteiger charge is -2.11. The van der Waals surface area contributed by atoms with E-state index in [1.54, 1.807) is 18.5 Å². The molecule has 0 aliphatic carbocycles. The lowest BCUT2D eigenvalue weighted by atomic mass is 10.0. The Morgan fingerprint density at radius 3 is 2.83 bits per heavy atom. The fraction of sp³-hybridized carbons (Fsp3) is 0.308. The molecule has 0 fully saturated rings. The van der Waals surface area contributed by atoms with Gasteiger partial charge in [-0.15, -0.1) is 0 Å². The van der Waals surface area contributed by atoms with E-state index in [4.69, 9.17) is 17.3 Å². The number of rotatable bonds is 2. The molecule has 94 valence electrons. The number of imidazole rings is 1. The van der Waals surface area contributed by atoms with Crippen LogP contribution < -0.4 is 5.73 Å². The Bertz CT molecular complexity index is 564. The summed E-state index contributed by atoms with van der Waals surface area (Å²) in [4.78, 5) is 4.31. The van der Waals surface area contributed by atoms with Crippen LogP contribution in [0, 0.1) is 0 Å². The third-order valence-corrected chi connectivity index (χ3v) is 3.56. The summed E-state index contributed by atoms with van der Waals surface area (Å²) in [5, 5.41) is 0.671. The van der Waals surface area contributed by atoms with Gasteiger partial charge in [0.2, 0.25) is 0 Å². The highest BCUT2D eigenvalue weighted by Gasteiger charge is 2.27. The Hall–Kier alpha value is -1.39. The summed E-state index contributed by atoms with van der Waals surface area (Å²) in [5.41, 5.74) is 8.79. The summed E-state index contributed by atoms with van der Waals surface area (Å²) >= 11 is 5.84. The van der Waals surface area contributed by atoms with Crippen LogP contribution in [0.4, 0.5) is 4.39 Å². The Kier molecular flexibility index (Phi) is 2.84. The van der Waals surface area contributed by atoms with Crippen LogP contribution in [0.15, 0.2) is 30.6 Å². The van der Waals surface area contributed by atoms with E-state index in [1.807, 2.05) is 16.7 Å². The molecular formula is C13H13ClFN3. The lowest BCUT2D eigenvalue weighted by molar-refractivity contribution is 0.328. The molecular weight excluding hydrogens is 253 g/mol. The number of hydrogen-bond acceptors (Lipinski definition) is 2. The first-order valence-electron chi connectivity index (χ1n) is 5.84. The first kappa shape index (κ1) is 11.7. The molecule has 0 bridgehead atoms. The van der Waals surface area contributed by atoms with Crippen molar-refractivity contribution in [2.75, 3.05) is 0 Å².